The van der Waals surface area contributed by atoms with Gasteiger partial charge in [0, 0.05) is 17.8 Å². The summed E-state index contributed by atoms with van der Waals surface area (Å²) >= 11 is 1.31. The van der Waals surface area contributed by atoms with E-state index in [9.17, 15) is 26.3 Å². The van der Waals surface area contributed by atoms with Gasteiger partial charge in [0.2, 0.25) is 5.95 Å². The molecule has 1 atom stereocenters. The Morgan fingerprint density at radius 2 is 1.64 bits per heavy atom. The lowest BCUT2D eigenvalue weighted by molar-refractivity contribution is -0.142. The summed E-state index contributed by atoms with van der Waals surface area (Å²) < 4.78 is 80.8. The molecule has 1 aromatic carbocycles. The lowest BCUT2D eigenvalue weighted by Gasteiger charge is -2.20. The quantitative estimate of drug-likeness (QED) is 0.314. The van der Waals surface area contributed by atoms with Gasteiger partial charge in [-0.15, -0.1) is 0 Å². The number of para-hydroxylation sites is 1. The molecule has 0 spiro atoms. The van der Waals surface area contributed by atoms with Gasteiger partial charge in [-0.3, -0.25) is 0 Å². The molecule has 0 radical (unpaired) electrons. The molecule has 0 bridgehead atoms. The van der Waals surface area contributed by atoms with Crippen LogP contribution in [0.1, 0.15) is 55.3 Å². The zero-order valence-corrected chi connectivity index (χ0v) is 19.0. The summed E-state index contributed by atoms with van der Waals surface area (Å²) in [4.78, 5) is 16.2. The van der Waals surface area contributed by atoms with E-state index in [1.54, 1.807) is 13.2 Å². The molecule has 0 saturated heterocycles. The number of thioether (sulfide) groups is 1. The first kappa shape index (κ1) is 25.0. The van der Waals surface area contributed by atoms with Crippen molar-refractivity contribution in [2.45, 2.75) is 50.1 Å². The molecule has 3 rings (SSSR count). The maximum atomic E-state index is 13.5. The highest BCUT2D eigenvalue weighted by atomic mass is 32.2. The minimum Gasteiger partial charge on any atom is -0.353 e. The molecule has 33 heavy (non-hydrogen) atoms. The molecule has 178 valence electrons. The number of aromatic nitrogens is 4. The summed E-state index contributed by atoms with van der Waals surface area (Å²) in [6.45, 7) is 5.52. The second-order valence-electron chi connectivity index (χ2n) is 7.73. The third kappa shape index (κ3) is 5.66. The van der Waals surface area contributed by atoms with E-state index in [4.69, 9.17) is 0 Å². The fourth-order valence-electron chi connectivity index (χ4n) is 3.21. The molecule has 2 heterocycles. The van der Waals surface area contributed by atoms with Crippen molar-refractivity contribution in [1.82, 2.24) is 19.9 Å². The number of pyridine rings is 1. The van der Waals surface area contributed by atoms with E-state index < -0.39 is 35.0 Å². The minimum atomic E-state index is -4.90. The number of rotatable bonds is 6. The number of alkyl halides is 6. The minimum absolute atomic E-state index is 0.00967. The molecule has 0 fully saturated rings. The van der Waals surface area contributed by atoms with Gasteiger partial charge >= 0.3 is 12.4 Å². The number of benzene rings is 1. The van der Waals surface area contributed by atoms with Gasteiger partial charge in [-0.05, 0) is 29.9 Å². The van der Waals surface area contributed by atoms with Crippen LogP contribution in [0, 0.1) is 0 Å². The summed E-state index contributed by atoms with van der Waals surface area (Å²) in [5.41, 5.74) is -3.22. The average Bonchev–Trinajstić information content (AvgIpc) is 2.74. The number of fused-ring (bicyclic) bond motifs is 1. The first-order valence-corrected chi connectivity index (χ1v) is 11.2. The Bertz CT molecular complexity index is 1150. The van der Waals surface area contributed by atoms with Gasteiger partial charge in [-0.25, -0.2) is 9.97 Å². The van der Waals surface area contributed by atoms with Crippen LogP contribution in [0.2, 0.25) is 0 Å². The highest BCUT2D eigenvalue weighted by Crippen LogP contribution is 2.39. The largest absolute Gasteiger partial charge is 0.433 e. The van der Waals surface area contributed by atoms with Gasteiger partial charge < -0.3 is 5.32 Å². The molecule has 0 aliphatic carbocycles. The zero-order chi connectivity index (χ0) is 24.6. The van der Waals surface area contributed by atoms with Crippen LogP contribution in [0.3, 0.4) is 0 Å². The molecular formula is C21H21F6N5S. The Hall–Kier alpha value is -2.63. The van der Waals surface area contributed by atoms with Crippen molar-refractivity contribution in [3.63, 3.8) is 0 Å². The van der Waals surface area contributed by atoms with Gasteiger partial charge in [0.1, 0.15) is 11.5 Å². The monoisotopic (exact) mass is 489 g/mol. The molecule has 2 aromatic heterocycles. The van der Waals surface area contributed by atoms with Crippen molar-refractivity contribution in [2.75, 3.05) is 18.1 Å². The third-order valence-electron chi connectivity index (χ3n) is 4.90. The number of hydrogen-bond acceptors (Lipinski definition) is 6. The molecule has 1 N–H and O–H groups in total. The Kier molecular flexibility index (Phi) is 7.06. The fourth-order valence-corrected chi connectivity index (χ4v) is 3.57. The van der Waals surface area contributed by atoms with E-state index in [1.807, 2.05) is 13.8 Å². The Balaban J connectivity index is 2.03. The van der Waals surface area contributed by atoms with Crippen molar-refractivity contribution >= 4 is 28.6 Å². The normalized spacial score (nSPS) is 13.5. The predicted octanol–water partition coefficient (Wildman–Crippen LogP) is 6.52. The second kappa shape index (κ2) is 9.32. The van der Waals surface area contributed by atoms with Crippen LogP contribution in [-0.4, -0.2) is 32.7 Å². The van der Waals surface area contributed by atoms with Crippen LogP contribution in [0.4, 0.5) is 32.3 Å². The SMILES string of the molecule is CSc1nc(NCC(C)c2cc(C(F)(F)F)nc3c(C(F)(F)F)cccc23)nc(C(C)C)n1. The number of nitrogens with zero attached hydrogens (tertiary/aromatic N) is 4. The van der Waals surface area contributed by atoms with Gasteiger partial charge in [0.05, 0.1) is 11.1 Å². The summed E-state index contributed by atoms with van der Waals surface area (Å²) in [6, 6.07) is 4.03. The Morgan fingerprint density at radius 3 is 2.21 bits per heavy atom. The van der Waals surface area contributed by atoms with Crippen molar-refractivity contribution < 1.29 is 26.3 Å². The molecule has 0 amide bonds. The predicted molar refractivity (Wildman–Crippen MR) is 114 cm³/mol. The maximum Gasteiger partial charge on any atom is 0.433 e. The average molecular weight is 489 g/mol. The van der Waals surface area contributed by atoms with E-state index >= 15 is 0 Å². The molecular weight excluding hydrogens is 468 g/mol. The molecule has 3 aromatic rings. The highest BCUT2D eigenvalue weighted by molar-refractivity contribution is 7.98. The van der Waals surface area contributed by atoms with Crippen LogP contribution >= 0.6 is 11.8 Å². The van der Waals surface area contributed by atoms with Gasteiger partial charge in [0.25, 0.3) is 0 Å². The zero-order valence-electron chi connectivity index (χ0n) is 18.1. The van der Waals surface area contributed by atoms with E-state index in [1.165, 1.54) is 17.8 Å². The molecule has 5 nitrogen and oxygen atoms in total. The van der Waals surface area contributed by atoms with E-state index in [0.717, 1.165) is 18.2 Å². The Labute approximate surface area is 190 Å². The van der Waals surface area contributed by atoms with Crippen LogP contribution in [0.5, 0.6) is 0 Å². The van der Waals surface area contributed by atoms with Gasteiger partial charge in [0.15, 0.2) is 5.16 Å². The molecule has 0 saturated carbocycles. The van der Waals surface area contributed by atoms with E-state index in [-0.39, 0.29) is 29.4 Å². The number of hydrogen-bond donors (Lipinski definition) is 1. The fraction of sp³-hybridized carbons (Fsp3) is 0.429. The van der Waals surface area contributed by atoms with E-state index in [0.29, 0.717) is 11.0 Å². The highest BCUT2D eigenvalue weighted by Gasteiger charge is 2.37. The first-order valence-electron chi connectivity index (χ1n) is 9.93. The number of nitrogens with one attached hydrogen (secondary N) is 1. The maximum absolute atomic E-state index is 13.5. The second-order valence-corrected chi connectivity index (χ2v) is 8.51. The van der Waals surface area contributed by atoms with Crippen molar-refractivity contribution in [1.29, 1.82) is 0 Å². The van der Waals surface area contributed by atoms with Crippen LogP contribution in [0.15, 0.2) is 29.4 Å². The van der Waals surface area contributed by atoms with Crippen LogP contribution in [-0.2, 0) is 12.4 Å². The molecule has 12 heteroatoms. The molecule has 0 aliphatic rings. The topological polar surface area (TPSA) is 63.6 Å². The van der Waals surface area contributed by atoms with Crippen LogP contribution in [0.25, 0.3) is 10.9 Å². The van der Waals surface area contributed by atoms with Gasteiger partial charge in [-0.2, -0.15) is 36.3 Å². The smallest absolute Gasteiger partial charge is 0.353 e. The summed E-state index contributed by atoms with van der Waals surface area (Å²) in [5.74, 6) is 0.205. The summed E-state index contributed by atoms with van der Waals surface area (Å²) in [7, 11) is 0. The number of halogens is 6. The van der Waals surface area contributed by atoms with E-state index in [2.05, 4.69) is 25.3 Å². The molecule has 1 unspecified atom stereocenters. The van der Waals surface area contributed by atoms with Crippen molar-refractivity contribution in [3.8, 4) is 0 Å². The number of anilines is 1. The lowest BCUT2D eigenvalue weighted by Crippen LogP contribution is -2.17. The van der Waals surface area contributed by atoms with Crippen molar-refractivity contribution in [2.24, 2.45) is 0 Å². The summed E-state index contributed by atoms with van der Waals surface area (Å²) in [6.07, 6.45) is -7.95. The standard InChI is InChI=1S/C21H21F6N5S/c1-10(2)17-30-18(32-19(31-17)33-4)28-9-11(3)13-8-15(21(25,26)27)29-16-12(13)6-5-7-14(16)20(22,23)24/h5-8,10-11H,9H2,1-4H3,(H,28,30,31,32). The van der Waals surface area contributed by atoms with Crippen molar-refractivity contribution in [3.05, 3.63) is 46.9 Å². The summed E-state index contributed by atoms with van der Waals surface area (Å²) in [5, 5.41) is 3.47. The van der Waals surface area contributed by atoms with Crippen LogP contribution < -0.4 is 5.32 Å². The third-order valence-corrected chi connectivity index (χ3v) is 5.44. The Morgan fingerprint density at radius 1 is 0.939 bits per heavy atom. The molecule has 0 aliphatic heterocycles. The first-order chi connectivity index (χ1) is 15.3. The lowest BCUT2D eigenvalue weighted by atomic mass is 9.94. The van der Waals surface area contributed by atoms with Gasteiger partial charge in [-0.1, -0.05) is 44.7 Å².